The van der Waals surface area contributed by atoms with Gasteiger partial charge < -0.3 is 10.4 Å². The van der Waals surface area contributed by atoms with Gasteiger partial charge in [0.05, 0.1) is 13.1 Å². The number of ketones is 1. The first-order chi connectivity index (χ1) is 13.9. The summed E-state index contributed by atoms with van der Waals surface area (Å²) in [6, 6.07) is 0. The van der Waals surface area contributed by atoms with Crippen molar-refractivity contribution in [3.05, 3.63) is 23.1 Å². The largest absolute Gasteiger partial charge is 0.508 e. The number of Topliss-reactive ketones (excluding diaryl/α,β-unsaturated/α-hetero) is 1. The second-order valence-corrected chi connectivity index (χ2v) is 7.98. The van der Waals surface area contributed by atoms with E-state index in [2.05, 4.69) is 24.1 Å². The van der Waals surface area contributed by atoms with Gasteiger partial charge in [-0.05, 0) is 71.2 Å². The minimum absolute atomic E-state index is 0.192. The second kappa shape index (κ2) is 14.6. The van der Waals surface area contributed by atoms with Crippen molar-refractivity contribution < 1.29 is 15.1 Å². The molecule has 6 nitrogen and oxygen atoms in total. The van der Waals surface area contributed by atoms with Gasteiger partial charge in [0.2, 0.25) is 0 Å². The van der Waals surface area contributed by atoms with Gasteiger partial charge in [-0.25, -0.2) is 0 Å². The Morgan fingerprint density at radius 2 is 1.97 bits per heavy atom. The Morgan fingerprint density at radius 3 is 2.62 bits per heavy atom. The average Bonchev–Trinajstić information content (AvgIpc) is 2.75. The van der Waals surface area contributed by atoms with Crippen LogP contribution in [0, 0.1) is 5.92 Å². The first-order valence-electron chi connectivity index (χ1n) is 11.4. The van der Waals surface area contributed by atoms with Crippen LogP contribution < -0.4 is 5.32 Å². The van der Waals surface area contributed by atoms with Crippen molar-refractivity contribution in [3.8, 4) is 0 Å². The highest BCUT2D eigenvalue weighted by molar-refractivity contribution is 5.80. The van der Waals surface area contributed by atoms with Gasteiger partial charge in [0.15, 0.2) is 0 Å². The van der Waals surface area contributed by atoms with Crippen molar-refractivity contribution >= 4 is 5.78 Å². The van der Waals surface area contributed by atoms with Gasteiger partial charge >= 0.3 is 0 Å². The third kappa shape index (κ3) is 9.32. The van der Waals surface area contributed by atoms with E-state index in [4.69, 9.17) is 0 Å². The molecule has 29 heavy (non-hydrogen) atoms. The third-order valence-electron chi connectivity index (χ3n) is 5.94. The Hall–Kier alpha value is -1.37. The van der Waals surface area contributed by atoms with Crippen molar-refractivity contribution in [2.45, 2.75) is 72.6 Å². The lowest BCUT2D eigenvalue weighted by Crippen LogP contribution is -2.30. The van der Waals surface area contributed by atoms with E-state index in [0.717, 1.165) is 76.0 Å². The van der Waals surface area contributed by atoms with E-state index >= 15 is 0 Å². The Bertz CT molecular complexity index is 541. The number of carbonyl (C=O) groups excluding carboxylic acids is 1. The minimum atomic E-state index is 0.192. The number of carbonyl (C=O) groups is 1. The molecule has 0 aromatic rings. The maximum atomic E-state index is 12.2. The molecule has 0 fully saturated rings. The molecule has 3 N–H and O–H groups in total. The zero-order chi connectivity index (χ0) is 21.6. The van der Waals surface area contributed by atoms with Crippen molar-refractivity contribution in [1.29, 1.82) is 0 Å². The topological polar surface area (TPSA) is 76.0 Å². The van der Waals surface area contributed by atoms with Crippen LogP contribution in [0.4, 0.5) is 0 Å². The average molecular weight is 410 g/mol. The van der Waals surface area contributed by atoms with Crippen LogP contribution in [0.15, 0.2) is 23.1 Å². The summed E-state index contributed by atoms with van der Waals surface area (Å²) in [6.07, 6.45) is 8.23. The fourth-order valence-electron chi connectivity index (χ4n) is 4.02. The smallest absolute Gasteiger partial charge is 0.146 e. The molecule has 0 radical (unpaired) electrons. The highest BCUT2D eigenvalue weighted by Gasteiger charge is 2.23. The number of aliphatic hydroxyl groups is 1. The van der Waals surface area contributed by atoms with E-state index in [9.17, 15) is 15.1 Å². The number of rotatable bonds is 10. The summed E-state index contributed by atoms with van der Waals surface area (Å²) < 4.78 is 0. The molecular formula is C23H43N3O3. The summed E-state index contributed by atoms with van der Waals surface area (Å²) in [4.78, 5) is 14.4. The van der Waals surface area contributed by atoms with Crippen molar-refractivity contribution in [3.63, 3.8) is 0 Å². The monoisotopic (exact) mass is 409 g/mol. The quantitative estimate of drug-likeness (QED) is 0.369. The summed E-state index contributed by atoms with van der Waals surface area (Å²) in [5, 5.41) is 25.6. The number of hydrogen-bond donors (Lipinski definition) is 3. The molecule has 0 amide bonds. The molecule has 6 heteroatoms. The van der Waals surface area contributed by atoms with Crippen LogP contribution in [-0.4, -0.2) is 65.3 Å². The Balaban J connectivity index is 2.77. The molecule has 1 unspecified atom stereocenters. The van der Waals surface area contributed by atoms with Crippen LogP contribution in [0.3, 0.4) is 0 Å². The zero-order valence-electron chi connectivity index (χ0n) is 19.0. The summed E-state index contributed by atoms with van der Waals surface area (Å²) in [6.45, 7) is 12.4. The first-order valence-corrected chi connectivity index (χ1v) is 11.4. The predicted molar refractivity (Wildman–Crippen MR) is 119 cm³/mol. The Kier molecular flexibility index (Phi) is 12.9. The standard InChI is InChI=1S/C23H43N3O3/c1-5-22(28)23-19(4)26(29)17-16-24-15-11-10-13-20(23)12-8-9-14-21(27)18-25(6-2)7-3/h5,20,24,28-29H,6-18H2,1-4H3/b22-5+,23-19+. The number of nitrogens with zero attached hydrogens (tertiary/aromatic N) is 2. The lowest BCUT2D eigenvalue weighted by atomic mass is 9.85. The molecule has 1 atom stereocenters. The molecule has 0 saturated carbocycles. The van der Waals surface area contributed by atoms with E-state index in [0.29, 0.717) is 25.3 Å². The minimum Gasteiger partial charge on any atom is -0.508 e. The summed E-state index contributed by atoms with van der Waals surface area (Å²) in [5.74, 6) is 0.764. The summed E-state index contributed by atoms with van der Waals surface area (Å²) in [5.41, 5.74) is 1.58. The fraction of sp³-hybridized carbons (Fsp3) is 0.783. The molecular weight excluding hydrogens is 366 g/mol. The number of hydrogen-bond acceptors (Lipinski definition) is 6. The van der Waals surface area contributed by atoms with Gasteiger partial charge in [-0.1, -0.05) is 26.7 Å². The lowest BCUT2D eigenvalue weighted by molar-refractivity contribution is -0.120. The molecule has 0 spiro atoms. The highest BCUT2D eigenvalue weighted by Crippen LogP contribution is 2.32. The number of aliphatic hydroxyl groups excluding tert-OH is 1. The maximum Gasteiger partial charge on any atom is 0.146 e. The second-order valence-electron chi connectivity index (χ2n) is 7.98. The highest BCUT2D eigenvalue weighted by atomic mass is 16.5. The molecule has 1 heterocycles. The molecule has 0 aromatic carbocycles. The predicted octanol–water partition coefficient (Wildman–Crippen LogP) is 4.27. The van der Waals surface area contributed by atoms with E-state index in [1.807, 2.05) is 13.8 Å². The number of hydroxylamine groups is 2. The number of allylic oxidation sites excluding steroid dienone is 3. The maximum absolute atomic E-state index is 12.2. The van der Waals surface area contributed by atoms with Crippen LogP contribution in [0.2, 0.25) is 0 Å². The van der Waals surface area contributed by atoms with E-state index in [1.54, 1.807) is 6.08 Å². The molecule has 1 aliphatic heterocycles. The molecule has 0 saturated heterocycles. The van der Waals surface area contributed by atoms with Gasteiger partial charge in [0.25, 0.3) is 0 Å². The summed E-state index contributed by atoms with van der Waals surface area (Å²) in [7, 11) is 0. The fourth-order valence-corrected chi connectivity index (χ4v) is 4.02. The van der Waals surface area contributed by atoms with Crippen LogP contribution >= 0.6 is 0 Å². The zero-order valence-corrected chi connectivity index (χ0v) is 19.0. The first kappa shape index (κ1) is 25.7. The summed E-state index contributed by atoms with van der Waals surface area (Å²) >= 11 is 0. The van der Waals surface area contributed by atoms with Gasteiger partial charge in [0, 0.05) is 24.2 Å². The van der Waals surface area contributed by atoms with Gasteiger partial charge in [-0.15, -0.1) is 0 Å². The van der Waals surface area contributed by atoms with Crippen LogP contribution in [0.1, 0.15) is 72.6 Å². The molecule has 0 aromatic heterocycles. The SMILES string of the molecule is C/C=C(O)\C1=C(/C)N(O)CCNCCCCC1CCCCC(=O)CN(CC)CC. The molecule has 1 aliphatic rings. The molecule has 168 valence electrons. The lowest BCUT2D eigenvalue weighted by Gasteiger charge is -2.26. The molecule has 0 aliphatic carbocycles. The number of likely N-dealkylation sites (N-methyl/N-ethyl adjacent to an activating group) is 1. The van der Waals surface area contributed by atoms with Crippen LogP contribution in [0.5, 0.6) is 0 Å². The van der Waals surface area contributed by atoms with E-state index < -0.39 is 0 Å². The Labute approximate surface area is 177 Å². The van der Waals surface area contributed by atoms with Crippen molar-refractivity contribution in [1.82, 2.24) is 15.3 Å². The van der Waals surface area contributed by atoms with Gasteiger partial charge in [-0.3, -0.25) is 20.0 Å². The number of nitrogens with one attached hydrogen (secondary N) is 1. The van der Waals surface area contributed by atoms with E-state index in [-0.39, 0.29) is 11.7 Å². The van der Waals surface area contributed by atoms with Crippen molar-refractivity contribution in [2.75, 3.05) is 39.3 Å². The van der Waals surface area contributed by atoms with Crippen LogP contribution in [0.25, 0.3) is 0 Å². The molecule has 0 bridgehead atoms. The normalized spacial score (nSPS) is 22.6. The van der Waals surface area contributed by atoms with Gasteiger partial charge in [-0.2, -0.15) is 0 Å². The Morgan fingerprint density at radius 1 is 1.24 bits per heavy atom. The van der Waals surface area contributed by atoms with Crippen molar-refractivity contribution in [2.24, 2.45) is 5.92 Å². The van der Waals surface area contributed by atoms with Crippen LogP contribution in [-0.2, 0) is 4.79 Å². The number of unbranched alkanes of at least 4 members (excludes halogenated alkanes) is 1. The van der Waals surface area contributed by atoms with Gasteiger partial charge in [0.1, 0.15) is 11.5 Å². The third-order valence-corrected chi connectivity index (χ3v) is 5.94. The molecule has 1 rings (SSSR count). The van der Waals surface area contributed by atoms with E-state index in [1.165, 1.54) is 5.06 Å².